The van der Waals surface area contributed by atoms with E-state index in [0.717, 1.165) is 12.8 Å². The number of hydrogen-bond donors (Lipinski definition) is 2. The summed E-state index contributed by atoms with van der Waals surface area (Å²) in [5.41, 5.74) is 5.73. The third kappa shape index (κ3) is 3.46. The van der Waals surface area contributed by atoms with Gasteiger partial charge in [-0.2, -0.15) is 5.26 Å². The Kier molecular flexibility index (Phi) is 6.80. The van der Waals surface area contributed by atoms with E-state index in [1.165, 1.54) is 0 Å². The minimum absolute atomic E-state index is 0. The number of likely N-dealkylation sites (tertiary alicyclic amines) is 1. The van der Waals surface area contributed by atoms with Crippen molar-refractivity contribution in [2.75, 3.05) is 13.1 Å². The predicted octanol–water partition coefficient (Wildman–Crippen LogP) is 0.0338. The third-order valence-corrected chi connectivity index (χ3v) is 3.15. The van der Waals surface area contributed by atoms with Crippen molar-refractivity contribution in [3.8, 4) is 6.07 Å². The van der Waals surface area contributed by atoms with E-state index in [-0.39, 0.29) is 48.8 Å². The summed E-state index contributed by atoms with van der Waals surface area (Å²) in [6.07, 6.45) is 2.43. The zero-order chi connectivity index (χ0) is 10.8. The van der Waals surface area contributed by atoms with Crippen molar-refractivity contribution in [3.05, 3.63) is 0 Å². The van der Waals surface area contributed by atoms with Gasteiger partial charge in [0.15, 0.2) is 0 Å². The van der Waals surface area contributed by atoms with Gasteiger partial charge in [0, 0.05) is 19.1 Å². The molecular weight excluding hydrogens is 263 g/mol. The van der Waals surface area contributed by atoms with Crippen molar-refractivity contribution in [1.82, 2.24) is 10.2 Å². The van der Waals surface area contributed by atoms with Gasteiger partial charge in [0.2, 0.25) is 5.91 Å². The molecule has 0 radical (unpaired) electrons. The van der Waals surface area contributed by atoms with Crippen molar-refractivity contribution in [1.29, 1.82) is 5.26 Å². The topological polar surface area (TPSA) is 82.2 Å². The number of carbonyl (C=O) groups excluding carboxylic acids is 1. The second kappa shape index (κ2) is 7.02. The van der Waals surface area contributed by atoms with E-state index < -0.39 is 0 Å². The number of hydrogen-bond acceptors (Lipinski definition) is 4. The lowest BCUT2D eigenvalue weighted by molar-refractivity contribution is -0.133. The minimum atomic E-state index is -0.226. The lowest BCUT2D eigenvalue weighted by Gasteiger charge is -2.23. The van der Waals surface area contributed by atoms with Crippen LogP contribution in [0, 0.1) is 11.3 Å². The number of nitriles is 1. The van der Waals surface area contributed by atoms with Crippen molar-refractivity contribution in [3.63, 3.8) is 0 Å². The quantitative estimate of drug-likeness (QED) is 0.710. The summed E-state index contributed by atoms with van der Waals surface area (Å²) < 4.78 is 0. The third-order valence-electron chi connectivity index (χ3n) is 3.15. The van der Waals surface area contributed by atoms with Gasteiger partial charge >= 0.3 is 0 Å². The number of halogens is 2. The molecule has 2 aliphatic heterocycles. The smallest absolute Gasteiger partial charge is 0.240 e. The summed E-state index contributed by atoms with van der Waals surface area (Å²) in [4.78, 5) is 13.7. The average Bonchev–Trinajstić information content (AvgIpc) is 2.84. The van der Waals surface area contributed by atoms with E-state index in [4.69, 9.17) is 11.0 Å². The first-order valence-corrected chi connectivity index (χ1v) is 5.41. The van der Waals surface area contributed by atoms with Crippen LogP contribution in [0.5, 0.6) is 0 Å². The molecule has 0 saturated carbocycles. The summed E-state index contributed by atoms with van der Waals surface area (Å²) >= 11 is 0. The highest BCUT2D eigenvalue weighted by Crippen LogP contribution is 2.19. The molecule has 2 rings (SSSR count). The van der Waals surface area contributed by atoms with Crippen LogP contribution in [-0.4, -0.2) is 42.0 Å². The standard InChI is InChI=1S/C10H16N4O.2ClH/c11-5-8-2-1-3-14(8)10(15)9-4-7(12)6-13-9;;/h7-9,13H,1-4,6,12H2;2*1H/t7-,8?,9-;;/m0../s1. The zero-order valence-corrected chi connectivity index (χ0v) is 11.1. The molecule has 3 atom stereocenters. The summed E-state index contributed by atoms with van der Waals surface area (Å²) in [6.45, 7) is 1.41. The van der Waals surface area contributed by atoms with E-state index in [0.29, 0.717) is 19.5 Å². The molecule has 7 heteroatoms. The fourth-order valence-electron chi connectivity index (χ4n) is 2.32. The number of nitrogens with one attached hydrogen (secondary N) is 1. The van der Waals surface area contributed by atoms with Crippen molar-refractivity contribution >= 4 is 30.7 Å². The summed E-state index contributed by atoms with van der Waals surface area (Å²) in [6, 6.07) is 1.85. The van der Waals surface area contributed by atoms with Crippen LogP contribution in [0.1, 0.15) is 19.3 Å². The highest BCUT2D eigenvalue weighted by molar-refractivity contribution is 5.85. The van der Waals surface area contributed by atoms with Crippen LogP contribution < -0.4 is 11.1 Å². The summed E-state index contributed by atoms with van der Waals surface area (Å²) in [5, 5.41) is 12.0. The Balaban J connectivity index is 0.00000128. The van der Waals surface area contributed by atoms with Gasteiger partial charge in [-0.25, -0.2) is 0 Å². The number of rotatable bonds is 1. The van der Waals surface area contributed by atoms with Gasteiger partial charge in [-0.3, -0.25) is 4.79 Å². The van der Waals surface area contributed by atoms with Gasteiger partial charge in [0.1, 0.15) is 6.04 Å². The molecular formula is C10H18Cl2N4O. The van der Waals surface area contributed by atoms with Crippen molar-refractivity contribution in [2.24, 2.45) is 5.73 Å². The number of nitrogens with two attached hydrogens (primary N) is 1. The van der Waals surface area contributed by atoms with Gasteiger partial charge < -0.3 is 16.0 Å². The number of amides is 1. The fraction of sp³-hybridized carbons (Fsp3) is 0.800. The van der Waals surface area contributed by atoms with E-state index in [2.05, 4.69) is 11.4 Å². The maximum atomic E-state index is 12.0. The van der Waals surface area contributed by atoms with Crippen molar-refractivity contribution < 1.29 is 4.79 Å². The Morgan fingerprint density at radius 2 is 2.18 bits per heavy atom. The molecule has 5 nitrogen and oxygen atoms in total. The number of carbonyl (C=O) groups is 1. The first-order chi connectivity index (χ1) is 7.22. The minimum Gasteiger partial charge on any atom is -0.326 e. The maximum Gasteiger partial charge on any atom is 0.240 e. The van der Waals surface area contributed by atoms with Crippen LogP contribution in [0.25, 0.3) is 0 Å². The van der Waals surface area contributed by atoms with Crippen molar-refractivity contribution in [2.45, 2.75) is 37.4 Å². The Hall–Kier alpha value is -0.540. The molecule has 0 aliphatic carbocycles. The molecule has 98 valence electrons. The molecule has 3 N–H and O–H groups in total. The van der Waals surface area contributed by atoms with Crippen LogP contribution in [0.2, 0.25) is 0 Å². The molecule has 0 aromatic rings. The Morgan fingerprint density at radius 3 is 2.71 bits per heavy atom. The molecule has 2 saturated heterocycles. The molecule has 1 unspecified atom stereocenters. The van der Waals surface area contributed by atoms with Gasteiger partial charge in [-0.05, 0) is 19.3 Å². The Labute approximate surface area is 114 Å². The lowest BCUT2D eigenvalue weighted by Crippen LogP contribution is -2.45. The molecule has 2 fully saturated rings. The molecule has 0 bridgehead atoms. The fourth-order valence-corrected chi connectivity index (χ4v) is 2.32. The normalized spacial score (nSPS) is 31.3. The monoisotopic (exact) mass is 280 g/mol. The average molecular weight is 281 g/mol. The van der Waals surface area contributed by atoms with Crippen LogP contribution in [0.4, 0.5) is 0 Å². The molecule has 2 aliphatic rings. The number of nitrogens with zero attached hydrogens (tertiary/aromatic N) is 2. The van der Waals surface area contributed by atoms with Gasteiger partial charge in [0.05, 0.1) is 12.1 Å². The highest BCUT2D eigenvalue weighted by atomic mass is 35.5. The molecule has 0 aromatic heterocycles. The zero-order valence-electron chi connectivity index (χ0n) is 9.46. The molecule has 0 aromatic carbocycles. The van der Waals surface area contributed by atoms with E-state index in [9.17, 15) is 4.79 Å². The SMILES string of the molecule is Cl.Cl.N#CC1CCCN1C(=O)[C@@H]1C[C@H](N)CN1. The van der Waals surface area contributed by atoms with E-state index >= 15 is 0 Å². The van der Waals surface area contributed by atoms with E-state index in [1.807, 2.05) is 0 Å². The predicted molar refractivity (Wildman–Crippen MR) is 69.2 cm³/mol. The Bertz CT molecular complexity index is 307. The van der Waals surface area contributed by atoms with Crippen LogP contribution >= 0.6 is 24.8 Å². The molecule has 17 heavy (non-hydrogen) atoms. The maximum absolute atomic E-state index is 12.0. The largest absolute Gasteiger partial charge is 0.326 e. The van der Waals surface area contributed by atoms with Gasteiger partial charge in [0.25, 0.3) is 0 Å². The van der Waals surface area contributed by atoms with Crippen LogP contribution in [0.15, 0.2) is 0 Å². The summed E-state index contributed by atoms with van der Waals surface area (Å²) in [5.74, 6) is 0.0481. The second-order valence-electron chi connectivity index (χ2n) is 4.28. The Morgan fingerprint density at radius 1 is 1.47 bits per heavy atom. The molecule has 1 amide bonds. The first-order valence-electron chi connectivity index (χ1n) is 5.41. The first kappa shape index (κ1) is 16.5. The van der Waals surface area contributed by atoms with Gasteiger partial charge in [-0.15, -0.1) is 24.8 Å². The van der Waals surface area contributed by atoms with Crippen LogP contribution in [-0.2, 0) is 4.79 Å². The lowest BCUT2D eigenvalue weighted by atomic mass is 10.1. The summed E-state index contributed by atoms with van der Waals surface area (Å²) in [7, 11) is 0. The highest BCUT2D eigenvalue weighted by Gasteiger charge is 2.35. The second-order valence-corrected chi connectivity index (χ2v) is 4.28. The molecule has 0 spiro atoms. The van der Waals surface area contributed by atoms with Crippen LogP contribution in [0.3, 0.4) is 0 Å². The van der Waals surface area contributed by atoms with Gasteiger partial charge in [-0.1, -0.05) is 0 Å². The molecule has 2 heterocycles. The van der Waals surface area contributed by atoms with E-state index in [1.54, 1.807) is 4.90 Å².